The van der Waals surface area contributed by atoms with Crippen molar-refractivity contribution in [3.63, 3.8) is 0 Å². The average molecular weight is 693 g/mol. The van der Waals surface area contributed by atoms with Crippen molar-refractivity contribution in [3.8, 4) is 11.5 Å². The van der Waals surface area contributed by atoms with Crippen LogP contribution in [0.5, 0.6) is 11.5 Å². The Morgan fingerprint density at radius 3 is 1.47 bits per heavy atom. The molecule has 49 heavy (non-hydrogen) atoms. The molecule has 2 aliphatic rings. The van der Waals surface area contributed by atoms with Crippen molar-refractivity contribution in [3.05, 3.63) is 59.7 Å². The summed E-state index contributed by atoms with van der Waals surface area (Å²) >= 11 is 0. The van der Waals surface area contributed by atoms with Gasteiger partial charge >= 0.3 is 5.97 Å². The molecule has 0 aliphatic carbocycles. The number of methoxy groups -OCH3 is 2. The number of carbonyl (C=O) groups is 1. The largest absolute Gasteiger partial charge is 0.497 e. The van der Waals surface area contributed by atoms with Crippen molar-refractivity contribution in [1.82, 2.24) is 0 Å². The summed E-state index contributed by atoms with van der Waals surface area (Å²) in [7, 11) is 3.29. The van der Waals surface area contributed by atoms with Crippen molar-refractivity contribution in [2.45, 2.75) is 118 Å². The van der Waals surface area contributed by atoms with Crippen LogP contribution in [-0.4, -0.2) is 87.7 Å². The molecule has 0 unspecified atom stereocenters. The maximum Gasteiger partial charge on any atom is 0.311 e. The lowest BCUT2D eigenvalue weighted by molar-refractivity contribution is -0.165. The molecule has 2 heterocycles. The van der Waals surface area contributed by atoms with E-state index in [-0.39, 0.29) is 51.0 Å². The molecule has 0 aromatic heterocycles. The van der Waals surface area contributed by atoms with Crippen LogP contribution < -0.4 is 9.47 Å². The Hall–Kier alpha value is -2.77. The minimum absolute atomic E-state index is 0. The molecular weight excluding hydrogens is 632 g/mol. The maximum atomic E-state index is 12.0. The van der Waals surface area contributed by atoms with E-state index in [1.165, 1.54) is 0 Å². The Morgan fingerprint density at radius 1 is 0.694 bits per heavy atom. The van der Waals surface area contributed by atoms with Crippen LogP contribution in [0.4, 0.5) is 0 Å². The number of hydrogen-bond acceptors (Lipinski definition) is 11. The minimum atomic E-state index is -0.695. The normalized spacial score (nSPS) is 22.4. The van der Waals surface area contributed by atoms with E-state index < -0.39 is 17.0 Å². The summed E-state index contributed by atoms with van der Waals surface area (Å²) in [6.07, 6.45) is 0.493. The van der Waals surface area contributed by atoms with Crippen LogP contribution in [0.2, 0.25) is 0 Å². The molecule has 278 valence electrons. The fourth-order valence-corrected chi connectivity index (χ4v) is 5.20. The maximum absolute atomic E-state index is 12.0. The first-order valence-electron chi connectivity index (χ1n) is 16.6. The van der Waals surface area contributed by atoms with Crippen LogP contribution in [0.25, 0.3) is 0 Å². The molecule has 0 spiro atoms. The van der Waals surface area contributed by atoms with E-state index in [1.54, 1.807) is 14.2 Å². The van der Waals surface area contributed by atoms with Gasteiger partial charge in [-0.25, -0.2) is 0 Å². The van der Waals surface area contributed by atoms with Crippen molar-refractivity contribution in [1.29, 1.82) is 0 Å². The minimum Gasteiger partial charge on any atom is -0.497 e. The van der Waals surface area contributed by atoms with Crippen LogP contribution in [0.15, 0.2) is 48.5 Å². The average Bonchev–Trinajstić information content (AvgIpc) is 3.52. The molecule has 2 aliphatic heterocycles. The molecule has 11 nitrogen and oxygen atoms in total. The van der Waals surface area contributed by atoms with E-state index in [9.17, 15) is 9.90 Å². The molecule has 0 saturated carbocycles. The van der Waals surface area contributed by atoms with Gasteiger partial charge in [0.2, 0.25) is 0 Å². The molecule has 4 atom stereocenters. The van der Waals surface area contributed by atoms with E-state index in [2.05, 4.69) is 0 Å². The van der Waals surface area contributed by atoms with Gasteiger partial charge in [-0.2, -0.15) is 0 Å². The lowest BCUT2D eigenvalue weighted by Crippen LogP contribution is -2.33. The van der Waals surface area contributed by atoms with Gasteiger partial charge in [0.25, 0.3) is 0 Å². The number of benzene rings is 2. The van der Waals surface area contributed by atoms with E-state index in [1.807, 2.05) is 97.0 Å². The van der Waals surface area contributed by atoms with Crippen molar-refractivity contribution in [2.24, 2.45) is 5.41 Å². The van der Waals surface area contributed by atoms with Crippen molar-refractivity contribution < 1.29 is 52.5 Å². The van der Waals surface area contributed by atoms with Crippen LogP contribution in [0, 0.1) is 5.41 Å². The molecule has 2 aromatic carbocycles. The smallest absolute Gasteiger partial charge is 0.311 e. The van der Waals surface area contributed by atoms with E-state index in [4.69, 9.17) is 42.6 Å². The van der Waals surface area contributed by atoms with Crippen LogP contribution in [-0.2, 0) is 51.2 Å². The Kier molecular flexibility index (Phi) is 16.9. The number of aliphatic hydroxyl groups is 1. The third-order valence-corrected chi connectivity index (χ3v) is 7.69. The van der Waals surface area contributed by atoms with Gasteiger partial charge in [-0.3, -0.25) is 4.79 Å². The highest BCUT2D eigenvalue weighted by Gasteiger charge is 2.42. The molecule has 0 amide bonds. The Bertz CT molecular complexity index is 1220. The molecule has 11 heteroatoms. The third-order valence-electron chi connectivity index (χ3n) is 7.69. The zero-order valence-electron chi connectivity index (χ0n) is 30.1. The van der Waals surface area contributed by atoms with Gasteiger partial charge in [-0.1, -0.05) is 31.7 Å². The zero-order chi connectivity index (χ0) is 35.4. The van der Waals surface area contributed by atoms with E-state index >= 15 is 0 Å². The second-order valence-corrected chi connectivity index (χ2v) is 13.8. The van der Waals surface area contributed by atoms with Gasteiger partial charge in [0.1, 0.15) is 30.3 Å². The molecule has 2 fully saturated rings. The first-order chi connectivity index (χ1) is 22.6. The summed E-state index contributed by atoms with van der Waals surface area (Å²) in [5, 5.41) is 9.29. The quantitative estimate of drug-likeness (QED) is 0.164. The lowest BCUT2D eigenvalue weighted by atomic mass is 9.97. The second kappa shape index (κ2) is 19.6. The monoisotopic (exact) mass is 692 g/mol. The fraction of sp³-hybridized carbons (Fsp3) is 0.658. The number of ether oxygens (including phenoxy) is 9. The Labute approximate surface area is 293 Å². The summed E-state index contributed by atoms with van der Waals surface area (Å²) < 4.78 is 50.3. The lowest BCUT2D eigenvalue weighted by Gasteiger charge is -2.21. The van der Waals surface area contributed by atoms with Gasteiger partial charge < -0.3 is 47.7 Å². The predicted molar refractivity (Wildman–Crippen MR) is 186 cm³/mol. The summed E-state index contributed by atoms with van der Waals surface area (Å²) in [6, 6.07) is 15.6. The van der Waals surface area contributed by atoms with E-state index in [0.29, 0.717) is 39.3 Å². The molecule has 2 saturated heterocycles. The predicted octanol–water partition coefficient (Wildman–Crippen LogP) is 6.46. The van der Waals surface area contributed by atoms with Crippen LogP contribution >= 0.6 is 0 Å². The van der Waals surface area contributed by atoms with Gasteiger partial charge in [0, 0.05) is 13.2 Å². The van der Waals surface area contributed by atoms with Crippen LogP contribution in [0.3, 0.4) is 0 Å². The molecule has 4 rings (SSSR count). The fourth-order valence-electron chi connectivity index (χ4n) is 5.20. The summed E-state index contributed by atoms with van der Waals surface area (Å²) in [6.45, 7) is 15.2. The summed E-state index contributed by atoms with van der Waals surface area (Å²) in [4.78, 5) is 12.0. The van der Waals surface area contributed by atoms with Crippen molar-refractivity contribution in [2.75, 3.05) is 40.6 Å². The van der Waals surface area contributed by atoms with Gasteiger partial charge in [0.15, 0.2) is 11.6 Å². The highest BCUT2D eigenvalue weighted by Crippen LogP contribution is 2.31. The topological polar surface area (TPSA) is 120 Å². The van der Waals surface area contributed by atoms with E-state index in [0.717, 1.165) is 22.6 Å². The standard InChI is InChI=1S/C21H32O6.C16H24O5.CH4/c1-20(2,3)19(22)25-14-18-17(26-21(4,5)27-18)11-12-24-13-15-7-9-16(23-6)10-8-15;1-16(2)20-14(15(10-17)21-16)8-9-19-11-12-4-6-13(18-3)7-5-12;/h7-10,17-18H,11-14H2,1-6H3;4-7,14-15,17H,8-11H2,1-3H3;1H4/t17-,18+;14-,15+;/m00./s1. The molecule has 2 aromatic rings. The number of rotatable bonds is 15. The molecule has 1 N–H and O–H groups in total. The number of hydrogen-bond donors (Lipinski definition) is 1. The first-order valence-corrected chi connectivity index (χ1v) is 16.6. The Balaban J connectivity index is 0.000000343. The van der Waals surface area contributed by atoms with Crippen molar-refractivity contribution >= 4 is 5.97 Å². The van der Waals surface area contributed by atoms with Gasteiger partial charge in [-0.05, 0) is 96.7 Å². The van der Waals surface area contributed by atoms with Gasteiger partial charge in [-0.15, -0.1) is 0 Å². The molecular formula is C38H60O11. The first kappa shape index (κ1) is 42.4. The third kappa shape index (κ3) is 14.5. The zero-order valence-corrected chi connectivity index (χ0v) is 30.1. The summed E-state index contributed by atoms with van der Waals surface area (Å²) in [5.74, 6) is 0.0896. The molecule has 0 radical (unpaired) electrons. The number of carbonyl (C=O) groups excluding carboxylic acids is 1. The number of aliphatic hydroxyl groups excluding tert-OH is 1. The molecule has 0 bridgehead atoms. The van der Waals surface area contributed by atoms with Gasteiger partial charge in [0.05, 0.1) is 51.7 Å². The van der Waals surface area contributed by atoms with Crippen LogP contribution in [0.1, 0.15) is 79.9 Å². The second-order valence-electron chi connectivity index (χ2n) is 13.8. The number of esters is 1. The highest BCUT2D eigenvalue weighted by atomic mass is 16.8. The highest BCUT2D eigenvalue weighted by molar-refractivity contribution is 5.75. The summed E-state index contributed by atoms with van der Waals surface area (Å²) in [5.41, 5.74) is 1.64. The Morgan fingerprint density at radius 2 is 1.08 bits per heavy atom. The SMILES string of the molecule is C.COc1ccc(COCC[C@@H]2OC(C)(C)O[C@@H]2CO)cc1.COc1ccc(COCC[C@@H]2OC(C)(C)O[C@@H]2COC(=O)C(C)(C)C)cc1.